The zero-order valence-corrected chi connectivity index (χ0v) is 48.1. The van der Waals surface area contributed by atoms with Gasteiger partial charge in [-0.25, -0.2) is 0 Å². The number of hydrogen-bond donors (Lipinski definition) is 6. The topological polar surface area (TPSA) is 149 Å². The number of carbonyl (C=O) groups is 1. The Kier molecular flexibility index (Phi) is 51.3. The van der Waals surface area contributed by atoms with Gasteiger partial charge in [0.05, 0.1) is 25.4 Å². The van der Waals surface area contributed by atoms with Crippen LogP contribution < -0.4 is 5.32 Å². The number of amides is 1. The highest BCUT2D eigenvalue weighted by molar-refractivity contribution is 5.76. The summed E-state index contributed by atoms with van der Waals surface area (Å²) in [7, 11) is 0. The van der Waals surface area contributed by atoms with Gasteiger partial charge in [-0.15, -0.1) is 0 Å². The van der Waals surface area contributed by atoms with E-state index in [1.807, 2.05) is 6.08 Å². The molecule has 74 heavy (non-hydrogen) atoms. The quantitative estimate of drug-likeness (QED) is 0.0261. The van der Waals surface area contributed by atoms with Gasteiger partial charge in [-0.3, -0.25) is 4.79 Å². The van der Waals surface area contributed by atoms with Crippen LogP contribution in [0, 0.1) is 0 Å². The minimum absolute atomic E-state index is 0.189. The van der Waals surface area contributed by atoms with Crippen molar-refractivity contribution in [1.82, 2.24) is 5.32 Å². The number of aliphatic hydroxyl groups excluding tert-OH is 5. The number of unbranched alkanes of at least 4 members (excludes halogenated alkanes) is 36. The summed E-state index contributed by atoms with van der Waals surface area (Å²) in [6.07, 6.45) is 67.7. The zero-order valence-electron chi connectivity index (χ0n) is 48.1. The van der Waals surface area contributed by atoms with Crippen LogP contribution in [-0.4, -0.2) is 87.5 Å². The Bertz CT molecular complexity index is 1350. The fraction of sp³-hybridized carbons (Fsp3) is 0.831. The monoisotopic (exact) mass is 1040 g/mol. The maximum absolute atomic E-state index is 13.0. The number of rotatable bonds is 54. The molecule has 0 aliphatic carbocycles. The molecular formula is C65H119NO8. The molecule has 1 aliphatic heterocycles. The van der Waals surface area contributed by atoms with Crippen LogP contribution in [0.2, 0.25) is 0 Å². The molecule has 432 valence electrons. The highest BCUT2D eigenvalue weighted by Crippen LogP contribution is 2.23. The average molecular weight is 1040 g/mol. The van der Waals surface area contributed by atoms with Gasteiger partial charge in [0, 0.05) is 6.42 Å². The first-order chi connectivity index (χ1) is 36.3. The van der Waals surface area contributed by atoms with Gasteiger partial charge in [-0.2, -0.15) is 0 Å². The molecule has 7 unspecified atom stereocenters. The Morgan fingerprint density at radius 2 is 0.824 bits per heavy atom. The number of aliphatic hydroxyl groups is 5. The summed E-state index contributed by atoms with van der Waals surface area (Å²) >= 11 is 0. The lowest BCUT2D eigenvalue weighted by Crippen LogP contribution is -2.60. The van der Waals surface area contributed by atoms with Crippen molar-refractivity contribution in [3.8, 4) is 0 Å². The molecule has 9 heteroatoms. The van der Waals surface area contributed by atoms with Crippen LogP contribution in [0.5, 0.6) is 0 Å². The second kappa shape index (κ2) is 54.3. The van der Waals surface area contributed by atoms with Crippen molar-refractivity contribution in [2.75, 3.05) is 13.2 Å². The Morgan fingerprint density at radius 1 is 0.459 bits per heavy atom. The molecule has 1 rings (SSSR count). The van der Waals surface area contributed by atoms with Gasteiger partial charge in [0.25, 0.3) is 0 Å². The molecule has 1 aliphatic rings. The fourth-order valence-electron chi connectivity index (χ4n) is 9.80. The lowest BCUT2D eigenvalue weighted by Gasteiger charge is -2.40. The van der Waals surface area contributed by atoms with Gasteiger partial charge >= 0.3 is 0 Å². The number of allylic oxidation sites excluding steroid dienone is 9. The number of hydrogen-bond acceptors (Lipinski definition) is 8. The third-order valence-electron chi connectivity index (χ3n) is 14.8. The van der Waals surface area contributed by atoms with E-state index in [9.17, 15) is 30.3 Å². The smallest absolute Gasteiger partial charge is 0.220 e. The molecular weight excluding hydrogens is 923 g/mol. The first kappa shape index (κ1) is 69.9. The summed E-state index contributed by atoms with van der Waals surface area (Å²) in [5.74, 6) is -0.189. The molecule has 1 amide bonds. The van der Waals surface area contributed by atoms with E-state index in [1.54, 1.807) is 6.08 Å². The van der Waals surface area contributed by atoms with Crippen LogP contribution in [0.25, 0.3) is 0 Å². The highest BCUT2D eigenvalue weighted by atomic mass is 16.7. The molecule has 0 saturated carbocycles. The van der Waals surface area contributed by atoms with Crippen LogP contribution in [0.15, 0.2) is 60.8 Å². The van der Waals surface area contributed by atoms with Gasteiger partial charge in [0.1, 0.15) is 24.4 Å². The molecule has 0 aromatic heterocycles. The molecule has 0 bridgehead atoms. The summed E-state index contributed by atoms with van der Waals surface area (Å²) < 4.78 is 11.2. The molecule has 9 nitrogen and oxygen atoms in total. The van der Waals surface area contributed by atoms with Gasteiger partial charge < -0.3 is 40.3 Å². The van der Waals surface area contributed by atoms with E-state index in [0.717, 1.165) is 57.8 Å². The number of nitrogens with one attached hydrogen (secondary N) is 1. The van der Waals surface area contributed by atoms with E-state index in [4.69, 9.17) is 9.47 Å². The third-order valence-corrected chi connectivity index (χ3v) is 14.8. The minimum Gasteiger partial charge on any atom is -0.394 e. The predicted molar refractivity (Wildman–Crippen MR) is 313 cm³/mol. The lowest BCUT2D eigenvalue weighted by molar-refractivity contribution is -0.302. The van der Waals surface area contributed by atoms with Crippen molar-refractivity contribution >= 4 is 5.91 Å². The van der Waals surface area contributed by atoms with Gasteiger partial charge in [0.2, 0.25) is 5.91 Å². The van der Waals surface area contributed by atoms with Crippen LogP contribution in [0.1, 0.15) is 290 Å². The van der Waals surface area contributed by atoms with Crippen LogP contribution in [0.3, 0.4) is 0 Å². The van der Waals surface area contributed by atoms with Gasteiger partial charge in [0.15, 0.2) is 6.29 Å². The second-order valence-corrected chi connectivity index (χ2v) is 21.8. The van der Waals surface area contributed by atoms with Crippen molar-refractivity contribution < 1.29 is 39.8 Å². The van der Waals surface area contributed by atoms with Crippen molar-refractivity contribution in [3.63, 3.8) is 0 Å². The Labute approximate surface area is 456 Å². The lowest BCUT2D eigenvalue weighted by atomic mass is 9.99. The molecule has 1 heterocycles. The summed E-state index contributed by atoms with van der Waals surface area (Å²) in [6.45, 7) is 3.71. The summed E-state index contributed by atoms with van der Waals surface area (Å²) in [6, 6.07) is -0.827. The van der Waals surface area contributed by atoms with Crippen molar-refractivity contribution in [2.24, 2.45) is 0 Å². The molecule has 0 aromatic carbocycles. The summed E-state index contributed by atoms with van der Waals surface area (Å²) in [4.78, 5) is 13.0. The Hall–Kier alpha value is -2.11. The summed E-state index contributed by atoms with van der Waals surface area (Å²) in [5.41, 5.74) is 0. The maximum Gasteiger partial charge on any atom is 0.220 e. The van der Waals surface area contributed by atoms with E-state index in [1.165, 1.54) is 212 Å². The zero-order chi connectivity index (χ0) is 53.6. The van der Waals surface area contributed by atoms with E-state index < -0.39 is 49.5 Å². The summed E-state index contributed by atoms with van der Waals surface area (Å²) in [5, 5.41) is 54.3. The SMILES string of the molecule is CCCC/C=C/CC/C=C/CC/C=C/C(O)C(COC1OC(CO)C(O)C(O)C1O)NC(=O)CCCCCCCCCCCCCCCCCCCCCCCCCCCCC/C=C\C/C=C\CCCCCCC. The molecule has 0 radical (unpaired) electrons. The van der Waals surface area contributed by atoms with Crippen molar-refractivity contribution in [3.05, 3.63) is 60.8 Å². The Balaban J connectivity index is 2.03. The molecule has 6 N–H and O–H groups in total. The van der Waals surface area contributed by atoms with Crippen molar-refractivity contribution in [2.45, 2.75) is 333 Å². The number of carbonyl (C=O) groups excluding carboxylic acids is 1. The normalized spacial score (nSPS) is 19.4. The van der Waals surface area contributed by atoms with E-state index in [-0.39, 0.29) is 12.5 Å². The molecule has 1 saturated heterocycles. The van der Waals surface area contributed by atoms with Gasteiger partial charge in [-0.1, -0.05) is 274 Å². The van der Waals surface area contributed by atoms with E-state index >= 15 is 0 Å². The first-order valence-electron chi connectivity index (χ1n) is 31.5. The van der Waals surface area contributed by atoms with E-state index in [0.29, 0.717) is 6.42 Å². The maximum atomic E-state index is 13.0. The predicted octanol–water partition coefficient (Wildman–Crippen LogP) is 16.2. The molecule has 7 atom stereocenters. The van der Waals surface area contributed by atoms with Crippen LogP contribution in [0.4, 0.5) is 0 Å². The second-order valence-electron chi connectivity index (χ2n) is 21.8. The largest absolute Gasteiger partial charge is 0.394 e. The molecule has 1 fully saturated rings. The third kappa shape index (κ3) is 42.9. The van der Waals surface area contributed by atoms with Crippen LogP contribution in [-0.2, 0) is 14.3 Å². The van der Waals surface area contributed by atoms with Crippen molar-refractivity contribution in [1.29, 1.82) is 0 Å². The Morgan fingerprint density at radius 3 is 1.26 bits per heavy atom. The number of ether oxygens (including phenoxy) is 2. The minimum atomic E-state index is -1.57. The van der Waals surface area contributed by atoms with E-state index in [2.05, 4.69) is 67.8 Å². The van der Waals surface area contributed by atoms with Gasteiger partial charge in [-0.05, 0) is 70.6 Å². The standard InChI is InChI=1S/C65H119NO8/c1-3-5-7-9-11-13-15-17-18-19-20-21-22-23-24-25-26-27-28-29-30-31-32-33-34-35-36-37-38-39-40-41-42-43-45-47-49-51-53-55-61(69)66-58(57-73-65-64(72)63(71)62(70)60(56-67)74-65)59(68)54-52-50-48-46-44-16-14-12-10-8-6-4-2/h10,12,15,17,19-20,44,46,52,54,58-60,62-65,67-68,70-72H,3-9,11,13-14,16,18,21-43,45,47-51,53,55-57H2,1-2H3,(H,66,69)/b12-10+,17-15-,20-19-,46-44+,54-52+. The average Bonchev–Trinajstić information content (AvgIpc) is 3.40. The fourth-order valence-corrected chi connectivity index (χ4v) is 9.80. The molecule has 0 spiro atoms. The van der Waals surface area contributed by atoms with Crippen LogP contribution >= 0.6 is 0 Å². The molecule has 0 aromatic rings. The first-order valence-corrected chi connectivity index (χ1v) is 31.5. The highest BCUT2D eigenvalue weighted by Gasteiger charge is 2.44.